The minimum atomic E-state index is 0.402. The summed E-state index contributed by atoms with van der Waals surface area (Å²) in [6.07, 6.45) is 0. The Bertz CT molecular complexity index is 517. The Morgan fingerprint density at radius 3 is 2.73 bits per heavy atom. The molecule has 15 heavy (non-hydrogen) atoms. The first kappa shape index (κ1) is 10.1. The fourth-order valence-corrected chi connectivity index (χ4v) is 1.58. The number of halogens is 1. The smallest absolute Gasteiger partial charge is 0.149 e. The van der Waals surface area contributed by atoms with E-state index in [1.807, 2.05) is 30.3 Å². The van der Waals surface area contributed by atoms with Gasteiger partial charge in [-0.3, -0.25) is 0 Å². The molecule has 0 atom stereocenters. The number of ether oxygens (including phenoxy) is 1. The molecule has 0 spiro atoms. The standard InChI is InChI=1S/C13H9BrO/c14-9-4-10-15-13-8-3-6-11-5-1-2-7-12(11)13/h1-3,5-8H,10H2. The molecule has 1 nitrogen and oxygen atoms in total. The van der Waals surface area contributed by atoms with Crippen molar-refractivity contribution < 1.29 is 4.74 Å². The molecule has 0 unspecified atom stereocenters. The maximum absolute atomic E-state index is 5.56. The molecule has 2 rings (SSSR count). The van der Waals surface area contributed by atoms with Crippen molar-refractivity contribution in [3.8, 4) is 16.5 Å². The molecule has 0 radical (unpaired) electrons. The third kappa shape index (κ3) is 2.31. The molecule has 0 aliphatic carbocycles. The van der Waals surface area contributed by atoms with Crippen molar-refractivity contribution in [1.82, 2.24) is 0 Å². The van der Waals surface area contributed by atoms with Crippen molar-refractivity contribution in [2.75, 3.05) is 6.61 Å². The van der Waals surface area contributed by atoms with Crippen LogP contribution in [0.3, 0.4) is 0 Å². The molecular weight excluding hydrogens is 252 g/mol. The first-order valence-electron chi connectivity index (χ1n) is 4.61. The Kier molecular flexibility index (Phi) is 3.26. The quantitative estimate of drug-likeness (QED) is 0.751. The van der Waals surface area contributed by atoms with Crippen molar-refractivity contribution in [2.45, 2.75) is 0 Å². The van der Waals surface area contributed by atoms with Crippen LogP contribution in [-0.4, -0.2) is 6.61 Å². The van der Waals surface area contributed by atoms with Crippen LogP contribution in [0.5, 0.6) is 5.75 Å². The second-order valence-electron chi connectivity index (χ2n) is 3.04. The van der Waals surface area contributed by atoms with Gasteiger partial charge < -0.3 is 4.74 Å². The summed E-state index contributed by atoms with van der Waals surface area (Å²) < 4.78 is 5.56. The maximum atomic E-state index is 5.56. The number of benzene rings is 2. The van der Waals surface area contributed by atoms with E-state index < -0.39 is 0 Å². The summed E-state index contributed by atoms with van der Waals surface area (Å²) in [5.41, 5.74) is 0. The molecule has 2 aromatic rings. The van der Waals surface area contributed by atoms with Crippen LogP contribution < -0.4 is 4.74 Å². The largest absolute Gasteiger partial charge is 0.480 e. The predicted octanol–water partition coefficient (Wildman–Crippen LogP) is 3.57. The number of fused-ring (bicyclic) bond motifs is 1. The highest BCUT2D eigenvalue weighted by molar-refractivity contribution is 9.12. The van der Waals surface area contributed by atoms with E-state index in [0.717, 1.165) is 11.1 Å². The van der Waals surface area contributed by atoms with E-state index in [1.165, 1.54) is 5.39 Å². The Morgan fingerprint density at radius 2 is 1.87 bits per heavy atom. The molecular formula is C13H9BrO. The van der Waals surface area contributed by atoms with Gasteiger partial charge in [-0.05, 0) is 22.2 Å². The molecule has 0 amide bonds. The molecule has 0 aliphatic heterocycles. The van der Waals surface area contributed by atoms with Gasteiger partial charge in [0.25, 0.3) is 0 Å². The molecule has 2 heteroatoms. The molecule has 0 aromatic heterocycles. The van der Waals surface area contributed by atoms with Crippen molar-refractivity contribution in [1.29, 1.82) is 0 Å². The summed E-state index contributed by atoms with van der Waals surface area (Å²) in [6.45, 7) is 0.402. The van der Waals surface area contributed by atoms with Crippen molar-refractivity contribution in [3.05, 3.63) is 42.5 Å². The van der Waals surface area contributed by atoms with E-state index in [2.05, 4.69) is 38.8 Å². The van der Waals surface area contributed by atoms with E-state index in [1.54, 1.807) is 0 Å². The lowest BCUT2D eigenvalue weighted by Crippen LogP contribution is -1.93. The average molecular weight is 261 g/mol. The summed E-state index contributed by atoms with van der Waals surface area (Å²) in [5, 5.41) is 2.30. The topological polar surface area (TPSA) is 9.23 Å². The average Bonchev–Trinajstić information content (AvgIpc) is 2.30. The fourth-order valence-electron chi connectivity index (χ4n) is 1.46. The van der Waals surface area contributed by atoms with Crippen LogP contribution in [0.1, 0.15) is 0 Å². The first-order chi connectivity index (χ1) is 7.42. The molecule has 0 heterocycles. The van der Waals surface area contributed by atoms with Crippen LogP contribution in [0.4, 0.5) is 0 Å². The van der Waals surface area contributed by atoms with Crippen molar-refractivity contribution in [3.63, 3.8) is 0 Å². The van der Waals surface area contributed by atoms with E-state index in [0.29, 0.717) is 6.61 Å². The minimum Gasteiger partial charge on any atom is -0.480 e. The normalized spacial score (nSPS) is 9.40. The first-order valence-corrected chi connectivity index (χ1v) is 5.40. The molecule has 0 N–H and O–H groups in total. The Labute approximate surface area is 97.2 Å². The lowest BCUT2D eigenvalue weighted by atomic mass is 10.1. The van der Waals surface area contributed by atoms with Crippen LogP contribution >= 0.6 is 15.9 Å². The zero-order valence-corrected chi connectivity index (χ0v) is 9.62. The Morgan fingerprint density at radius 1 is 1.07 bits per heavy atom. The van der Waals surface area contributed by atoms with Crippen LogP contribution in [0.25, 0.3) is 10.8 Å². The highest BCUT2D eigenvalue weighted by atomic mass is 79.9. The number of rotatable bonds is 2. The molecule has 0 saturated carbocycles. The number of hydrogen-bond acceptors (Lipinski definition) is 1. The monoisotopic (exact) mass is 260 g/mol. The molecule has 2 aromatic carbocycles. The molecule has 0 fully saturated rings. The highest BCUT2D eigenvalue weighted by Crippen LogP contribution is 2.24. The summed E-state index contributed by atoms with van der Waals surface area (Å²) >= 11 is 3.03. The van der Waals surface area contributed by atoms with E-state index >= 15 is 0 Å². The zero-order chi connectivity index (χ0) is 10.5. The van der Waals surface area contributed by atoms with Crippen LogP contribution in [-0.2, 0) is 0 Å². The maximum Gasteiger partial charge on any atom is 0.149 e. The van der Waals surface area contributed by atoms with Gasteiger partial charge in [-0.1, -0.05) is 36.4 Å². The Hall–Kier alpha value is -1.46. The predicted molar refractivity (Wildman–Crippen MR) is 66.1 cm³/mol. The minimum absolute atomic E-state index is 0.402. The lowest BCUT2D eigenvalue weighted by molar-refractivity contribution is 0.375. The molecule has 0 aliphatic rings. The van der Waals surface area contributed by atoms with Gasteiger partial charge >= 0.3 is 0 Å². The van der Waals surface area contributed by atoms with Gasteiger partial charge in [-0.25, -0.2) is 0 Å². The van der Waals surface area contributed by atoms with Gasteiger partial charge in [-0.2, -0.15) is 0 Å². The lowest BCUT2D eigenvalue weighted by Gasteiger charge is -2.05. The molecule has 0 saturated heterocycles. The molecule has 74 valence electrons. The van der Waals surface area contributed by atoms with Crippen LogP contribution in [0.15, 0.2) is 42.5 Å². The Balaban J connectivity index is 2.36. The third-order valence-corrected chi connectivity index (χ3v) is 2.40. The van der Waals surface area contributed by atoms with E-state index in [-0.39, 0.29) is 0 Å². The summed E-state index contributed by atoms with van der Waals surface area (Å²) in [7, 11) is 0. The van der Waals surface area contributed by atoms with Crippen molar-refractivity contribution >= 4 is 26.7 Å². The SMILES string of the molecule is BrC#CCOc1cccc2ccccc12. The third-order valence-electron chi connectivity index (χ3n) is 2.12. The highest BCUT2D eigenvalue weighted by Gasteiger charge is 1.99. The molecule has 0 bridgehead atoms. The second-order valence-corrected chi connectivity index (χ2v) is 3.43. The summed E-state index contributed by atoms with van der Waals surface area (Å²) in [4.78, 5) is 2.62. The van der Waals surface area contributed by atoms with Gasteiger partial charge in [0.1, 0.15) is 12.4 Å². The van der Waals surface area contributed by atoms with Crippen LogP contribution in [0.2, 0.25) is 0 Å². The van der Waals surface area contributed by atoms with Gasteiger partial charge in [-0.15, -0.1) is 0 Å². The second kappa shape index (κ2) is 4.86. The van der Waals surface area contributed by atoms with Gasteiger partial charge in [0.2, 0.25) is 0 Å². The summed E-state index contributed by atoms with van der Waals surface area (Å²) in [5.74, 6) is 3.68. The van der Waals surface area contributed by atoms with Crippen molar-refractivity contribution in [2.24, 2.45) is 0 Å². The summed E-state index contributed by atoms with van der Waals surface area (Å²) in [6, 6.07) is 14.1. The van der Waals surface area contributed by atoms with Gasteiger partial charge in [0.05, 0.1) is 0 Å². The zero-order valence-electron chi connectivity index (χ0n) is 8.03. The van der Waals surface area contributed by atoms with Crippen LogP contribution in [0, 0.1) is 10.8 Å². The van der Waals surface area contributed by atoms with Gasteiger partial charge in [0, 0.05) is 21.3 Å². The van der Waals surface area contributed by atoms with E-state index in [4.69, 9.17) is 4.74 Å². The van der Waals surface area contributed by atoms with E-state index in [9.17, 15) is 0 Å². The fraction of sp³-hybridized carbons (Fsp3) is 0.0769. The van der Waals surface area contributed by atoms with Gasteiger partial charge in [0.15, 0.2) is 0 Å². The number of hydrogen-bond donors (Lipinski definition) is 0.